The highest BCUT2D eigenvalue weighted by atomic mass is 16.5. The molecule has 2 heterocycles. The number of H-pyrrole nitrogens is 1. The van der Waals surface area contributed by atoms with E-state index in [-0.39, 0.29) is 5.91 Å². The molecule has 2 N–H and O–H groups in total. The van der Waals surface area contributed by atoms with Crippen LogP contribution < -0.4 is 10.1 Å². The molecule has 0 aliphatic rings. The summed E-state index contributed by atoms with van der Waals surface area (Å²) >= 11 is 0. The van der Waals surface area contributed by atoms with Crippen LogP contribution in [0.5, 0.6) is 5.88 Å². The van der Waals surface area contributed by atoms with Crippen molar-refractivity contribution < 1.29 is 9.53 Å². The number of aromatic nitrogens is 3. The summed E-state index contributed by atoms with van der Waals surface area (Å²) in [6, 6.07) is 10.2. The predicted octanol–water partition coefficient (Wildman–Crippen LogP) is 2.19. The van der Waals surface area contributed by atoms with Crippen molar-refractivity contribution in [2.75, 3.05) is 13.7 Å². The third-order valence-corrected chi connectivity index (χ3v) is 3.86. The van der Waals surface area contributed by atoms with E-state index in [4.69, 9.17) is 4.74 Å². The summed E-state index contributed by atoms with van der Waals surface area (Å²) < 4.78 is 6.83. The number of rotatable bonds is 5. The zero-order valence-electron chi connectivity index (χ0n) is 13.5. The molecule has 0 fully saturated rings. The van der Waals surface area contributed by atoms with Crippen LogP contribution in [0.25, 0.3) is 10.9 Å². The SMILES string of the molecule is COc1c(C(=O)NCCc2cc3ccccc3[nH]2)c(C)nn1C. The molecule has 3 rings (SSSR count). The van der Waals surface area contributed by atoms with Gasteiger partial charge in [-0.25, -0.2) is 4.68 Å². The van der Waals surface area contributed by atoms with E-state index in [2.05, 4.69) is 27.5 Å². The van der Waals surface area contributed by atoms with E-state index in [1.165, 1.54) is 12.5 Å². The van der Waals surface area contributed by atoms with Gasteiger partial charge in [-0.05, 0) is 24.4 Å². The Labute approximate surface area is 134 Å². The normalized spacial score (nSPS) is 10.9. The number of aryl methyl sites for hydroxylation is 2. The minimum atomic E-state index is -0.163. The van der Waals surface area contributed by atoms with Gasteiger partial charge in [0.25, 0.3) is 5.91 Å². The number of carbonyl (C=O) groups is 1. The molecule has 0 unspecified atom stereocenters. The van der Waals surface area contributed by atoms with Gasteiger partial charge < -0.3 is 15.0 Å². The van der Waals surface area contributed by atoms with Crippen LogP contribution in [0.2, 0.25) is 0 Å². The van der Waals surface area contributed by atoms with Crippen molar-refractivity contribution in [3.8, 4) is 5.88 Å². The summed E-state index contributed by atoms with van der Waals surface area (Å²) in [4.78, 5) is 15.7. The summed E-state index contributed by atoms with van der Waals surface area (Å²) in [5, 5.41) is 8.33. The van der Waals surface area contributed by atoms with Crippen molar-refractivity contribution in [2.45, 2.75) is 13.3 Å². The second-order valence-corrected chi connectivity index (χ2v) is 5.48. The first-order valence-electron chi connectivity index (χ1n) is 7.52. The fraction of sp³-hybridized carbons (Fsp3) is 0.294. The van der Waals surface area contributed by atoms with Gasteiger partial charge in [0.15, 0.2) is 0 Å². The molecule has 2 aromatic heterocycles. The summed E-state index contributed by atoms with van der Waals surface area (Å²) in [5.74, 6) is 0.314. The number of benzene rings is 1. The lowest BCUT2D eigenvalue weighted by molar-refractivity contribution is 0.0950. The lowest BCUT2D eigenvalue weighted by Gasteiger charge is -2.06. The number of aromatic amines is 1. The third kappa shape index (κ3) is 2.92. The maximum Gasteiger partial charge on any atom is 0.258 e. The Balaban J connectivity index is 1.65. The number of nitrogens with one attached hydrogen (secondary N) is 2. The molecule has 0 aliphatic heterocycles. The topological polar surface area (TPSA) is 71.9 Å². The molecule has 23 heavy (non-hydrogen) atoms. The first-order chi connectivity index (χ1) is 11.1. The maximum absolute atomic E-state index is 12.4. The number of para-hydroxylation sites is 1. The molecule has 3 aromatic rings. The molecular formula is C17H20N4O2. The molecule has 1 amide bonds. The largest absolute Gasteiger partial charge is 0.481 e. The molecule has 0 bridgehead atoms. The summed E-state index contributed by atoms with van der Waals surface area (Å²) in [7, 11) is 3.30. The minimum absolute atomic E-state index is 0.163. The molecule has 0 atom stereocenters. The van der Waals surface area contributed by atoms with Gasteiger partial charge in [0.2, 0.25) is 5.88 Å². The molecule has 0 saturated carbocycles. The van der Waals surface area contributed by atoms with Gasteiger partial charge in [0.05, 0.1) is 12.8 Å². The van der Waals surface area contributed by atoms with E-state index < -0.39 is 0 Å². The molecule has 0 radical (unpaired) electrons. The second-order valence-electron chi connectivity index (χ2n) is 5.48. The van der Waals surface area contributed by atoms with Crippen molar-refractivity contribution in [3.05, 3.63) is 47.3 Å². The standard InChI is InChI=1S/C17H20N4O2/c1-11-15(17(23-3)21(2)20-11)16(22)18-9-8-13-10-12-6-4-5-7-14(12)19-13/h4-7,10,19H,8-9H2,1-3H3,(H,18,22). The van der Waals surface area contributed by atoms with E-state index in [0.717, 1.165) is 17.6 Å². The van der Waals surface area contributed by atoms with Crippen LogP contribution in [0.1, 0.15) is 21.7 Å². The van der Waals surface area contributed by atoms with Crippen molar-refractivity contribution in [3.63, 3.8) is 0 Å². The van der Waals surface area contributed by atoms with Gasteiger partial charge >= 0.3 is 0 Å². The van der Waals surface area contributed by atoms with Crippen LogP contribution in [-0.2, 0) is 13.5 Å². The van der Waals surface area contributed by atoms with Crippen molar-refractivity contribution in [2.24, 2.45) is 7.05 Å². The van der Waals surface area contributed by atoms with Gasteiger partial charge in [-0.15, -0.1) is 0 Å². The Kier molecular flexibility index (Phi) is 4.06. The lowest BCUT2D eigenvalue weighted by atomic mass is 10.2. The zero-order valence-corrected chi connectivity index (χ0v) is 13.5. The van der Waals surface area contributed by atoms with Crippen LogP contribution in [0, 0.1) is 6.92 Å². The van der Waals surface area contributed by atoms with Gasteiger partial charge in [0, 0.05) is 31.2 Å². The van der Waals surface area contributed by atoms with E-state index >= 15 is 0 Å². The average Bonchev–Trinajstić information content (AvgIpc) is 3.06. The van der Waals surface area contributed by atoms with Crippen LogP contribution in [0.15, 0.2) is 30.3 Å². The van der Waals surface area contributed by atoms with Crippen LogP contribution in [-0.4, -0.2) is 34.3 Å². The predicted molar refractivity (Wildman–Crippen MR) is 88.8 cm³/mol. The van der Waals surface area contributed by atoms with Crippen LogP contribution >= 0.6 is 0 Å². The van der Waals surface area contributed by atoms with Crippen LogP contribution in [0.4, 0.5) is 0 Å². The van der Waals surface area contributed by atoms with E-state index in [1.807, 2.05) is 18.2 Å². The molecule has 1 aromatic carbocycles. The summed E-state index contributed by atoms with van der Waals surface area (Å²) in [5.41, 5.74) is 3.36. The molecule has 0 spiro atoms. The van der Waals surface area contributed by atoms with Gasteiger partial charge in [-0.2, -0.15) is 5.10 Å². The summed E-state index contributed by atoms with van der Waals surface area (Å²) in [6.07, 6.45) is 0.738. The smallest absolute Gasteiger partial charge is 0.258 e. The monoisotopic (exact) mass is 312 g/mol. The average molecular weight is 312 g/mol. The van der Waals surface area contributed by atoms with E-state index in [0.29, 0.717) is 23.7 Å². The van der Waals surface area contributed by atoms with Gasteiger partial charge in [-0.1, -0.05) is 18.2 Å². The number of nitrogens with zero attached hydrogens (tertiary/aromatic N) is 2. The lowest BCUT2D eigenvalue weighted by Crippen LogP contribution is -2.26. The van der Waals surface area contributed by atoms with E-state index in [9.17, 15) is 4.79 Å². The number of methoxy groups -OCH3 is 1. The first kappa shape index (κ1) is 15.1. The number of ether oxygens (including phenoxy) is 1. The van der Waals surface area contributed by atoms with Crippen molar-refractivity contribution in [1.82, 2.24) is 20.1 Å². The maximum atomic E-state index is 12.4. The molecule has 6 nitrogen and oxygen atoms in total. The van der Waals surface area contributed by atoms with Gasteiger partial charge in [-0.3, -0.25) is 4.79 Å². The fourth-order valence-electron chi connectivity index (χ4n) is 2.80. The second kappa shape index (κ2) is 6.16. The molecule has 120 valence electrons. The number of amides is 1. The number of hydrogen-bond donors (Lipinski definition) is 2. The first-order valence-corrected chi connectivity index (χ1v) is 7.52. The molecule has 0 saturated heterocycles. The highest BCUT2D eigenvalue weighted by molar-refractivity contribution is 5.97. The van der Waals surface area contributed by atoms with Gasteiger partial charge in [0.1, 0.15) is 5.56 Å². The zero-order chi connectivity index (χ0) is 16.4. The molecule has 6 heteroatoms. The summed E-state index contributed by atoms with van der Waals surface area (Å²) in [6.45, 7) is 2.35. The Hall–Kier alpha value is -2.76. The Morgan fingerprint density at radius 3 is 2.91 bits per heavy atom. The minimum Gasteiger partial charge on any atom is -0.481 e. The van der Waals surface area contributed by atoms with Crippen molar-refractivity contribution in [1.29, 1.82) is 0 Å². The van der Waals surface area contributed by atoms with Crippen LogP contribution in [0.3, 0.4) is 0 Å². The molecule has 0 aliphatic carbocycles. The highest BCUT2D eigenvalue weighted by Crippen LogP contribution is 2.20. The molecular weight excluding hydrogens is 292 g/mol. The highest BCUT2D eigenvalue weighted by Gasteiger charge is 2.20. The number of fused-ring (bicyclic) bond motifs is 1. The third-order valence-electron chi connectivity index (χ3n) is 3.86. The Bertz CT molecular complexity index is 815. The number of carbonyl (C=O) groups excluding carboxylic acids is 1. The fourth-order valence-corrected chi connectivity index (χ4v) is 2.80. The Morgan fingerprint density at radius 1 is 1.39 bits per heavy atom. The quantitative estimate of drug-likeness (QED) is 0.758. The van der Waals surface area contributed by atoms with Crippen molar-refractivity contribution >= 4 is 16.8 Å². The number of hydrogen-bond acceptors (Lipinski definition) is 3. The van der Waals surface area contributed by atoms with E-state index in [1.54, 1.807) is 18.7 Å². The Morgan fingerprint density at radius 2 is 2.17 bits per heavy atom.